The summed E-state index contributed by atoms with van der Waals surface area (Å²) in [5.41, 5.74) is 1.03. The van der Waals surface area contributed by atoms with Gasteiger partial charge in [0.1, 0.15) is 5.01 Å². The van der Waals surface area contributed by atoms with E-state index in [1.165, 1.54) is 4.88 Å². The largest absolute Gasteiger partial charge is 0.490 e. The number of fused-ring (bicyclic) bond motifs is 1. The molecule has 1 aromatic carbocycles. The normalized spacial score (nSPS) is 18.1. The smallest absolute Gasteiger partial charge is 0.243 e. The fraction of sp³-hybridized carbons (Fsp3) is 0.381. The molecule has 1 fully saturated rings. The minimum atomic E-state index is -3.57. The summed E-state index contributed by atoms with van der Waals surface area (Å²) in [4.78, 5) is 8.44. The summed E-state index contributed by atoms with van der Waals surface area (Å²) in [5.74, 6) is 1.11. The van der Waals surface area contributed by atoms with Crippen LogP contribution < -0.4 is 9.47 Å². The van der Waals surface area contributed by atoms with Gasteiger partial charge in [-0.05, 0) is 23.6 Å². The Kier molecular flexibility index (Phi) is 5.98. The highest BCUT2D eigenvalue weighted by Crippen LogP contribution is 2.33. The zero-order valence-corrected chi connectivity index (χ0v) is 19.3. The number of thiophene rings is 1. The molecule has 0 N–H and O–H groups in total. The Morgan fingerprint density at radius 1 is 1.00 bits per heavy atom. The molecule has 1 saturated heterocycles. The van der Waals surface area contributed by atoms with Gasteiger partial charge < -0.3 is 9.47 Å². The topological polar surface area (TPSA) is 72.0 Å². The van der Waals surface area contributed by atoms with Crippen LogP contribution in [0.5, 0.6) is 11.5 Å². The van der Waals surface area contributed by atoms with Gasteiger partial charge in [-0.15, -0.1) is 22.7 Å². The standard InChI is InChI=1S/C21H23N3O4S3/c25-31(26,17-4-5-18-19(13-17)28-11-2-10-27-18)24-8-6-23(7-9-24)14-16-15-30-21(22-16)20-3-1-12-29-20/h1,3-5,12-13,15H,2,6-11,14H2. The molecule has 0 atom stereocenters. The Labute approximate surface area is 189 Å². The first-order valence-electron chi connectivity index (χ1n) is 10.2. The Balaban J connectivity index is 1.22. The van der Waals surface area contributed by atoms with Gasteiger partial charge in [0.25, 0.3) is 0 Å². The molecule has 4 heterocycles. The minimum Gasteiger partial charge on any atom is -0.490 e. The zero-order chi connectivity index (χ0) is 21.3. The van der Waals surface area contributed by atoms with Gasteiger partial charge >= 0.3 is 0 Å². The Morgan fingerprint density at radius 3 is 2.58 bits per heavy atom. The maximum absolute atomic E-state index is 13.2. The molecule has 10 heteroatoms. The van der Waals surface area contributed by atoms with Gasteiger partial charge in [0.05, 0.1) is 28.7 Å². The molecule has 7 nitrogen and oxygen atoms in total. The van der Waals surface area contributed by atoms with Crippen LogP contribution in [0.3, 0.4) is 0 Å². The predicted octanol–water partition coefficient (Wildman–Crippen LogP) is 3.54. The molecule has 5 rings (SSSR count). The summed E-state index contributed by atoms with van der Waals surface area (Å²) in [7, 11) is -3.57. The molecule has 2 aromatic heterocycles. The summed E-state index contributed by atoms with van der Waals surface area (Å²) in [6.45, 7) is 4.11. The highest BCUT2D eigenvalue weighted by atomic mass is 32.2. The van der Waals surface area contributed by atoms with Crippen LogP contribution in [0.15, 0.2) is 46.0 Å². The fourth-order valence-corrected chi connectivity index (χ4v) is 6.77. The third-order valence-corrected chi connectivity index (χ3v) is 9.18. The Hall–Kier alpha value is -1.98. The molecule has 0 radical (unpaired) electrons. The molecule has 164 valence electrons. The van der Waals surface area contributed by atoms with Crippen LogP contribution in [0.1, 0.15) is 12.1 Å². The van der Waals surface area contributed by atoms with Crippen LogP contribution in [0, 0.1) is 0 Å². The second kappa shape index (κ2) is 8.87. The van der Waals surface area contributed by atoms with E-state index >= 15 is 0 Å². The van der Waals surface area contributed by atoms with E-state index in [-0.39, 0.29) is 4.90 Å². The van der Waals surface area contributed by atoms with E-state index in [2.05, 4.69) is 21.7 Å². The monoisotopic (exact) mass is 477 g/mol. The van der Waals surface area contributed by atoms with E-state index in [0.717, 1.165) is 23.7 Å². The Morgan fingerprint density at radius 2 is 1.81 bits per heavy atom. The van der Waals surface area contributed by atoms with Crippen LogP contribution in [0.2, 0.25) is 0 Å². The van der Waals surface area contributed by atoms with Gasteiger partial charge in [-0.25, -0.2) is 13.4 Å². The van der Waals surface area contributed by atoms with Crippen molar-refractivity contribution in [3.05, 3.63) is 46.8 Å². The van der Waals surface area contributed by atoms with Crippen molar-refractivity contribution in [1.82, 2.24) is 14.2 Å². The quantitative estimate of drug-likeness (QED) is 0.560. The third kappa shape index (κ3) is 4.49. The lowest BCUT2D eigenvalue weighted by Crippen LogP contribution is -2.48. The van der Waals surface area contributed by atoms with Gasteiger partial charge in [0, 0.05) is 50.6 Å². The highest BCUT2D eigenvalue weighted by Gasteiger charge is 2.30. The number of rotatable bonds is 5. The summed E-state index contributed by atoms with van der Waals surface area (Å²) >= 11 is 3.35. The van der Waals surface area contributed by atoms with Crippen LogP contribution in [0.4, 0.5) is 0 Å². The van der Waals surface area contributed by atoms with Crippen LogP contribution >= 0.6 is 22.7 Å². The van der Waals surface area contributed by atoms with Gasteiger partial charge in [0.15, 0.2) is 11.5 Å². The molecule has 2 aliphatic heterocycles. The van der Waals surface area contributed by atoms with Crippen LogP contribution in [-0.4, -0.2) is 62.0 Å². The van der Waals surface area contributed by atoms with Crippen molar-refractivity contribution in [2.45, 2.75) is 17.9 Å². The number of thiazole rings is 1. The van der Waals surface area contributed by atoms with Gasteiger partial charge in [-0.2, -0.15) is 4.31 Å². The number of aromatic nitrogens is 1. The molecule has 3 aromatic rings. The minimum absolute atomic E-state index is 0.255. The first kappa shape index (κ1) is 20.9. The molecule has 0 spiro atoms. The van der Waals surface area contributed by atoms with Crippen molar-refractivity contribution < 1.29 is 17.9 Å². The lowest BCUT2D eigenvalue weighted by Gasteiger charge is -2.33. The lowest BCUT2D eigenvalue weighted by molar-refractivity contribution is 0.180. The van der Waals surface area contributed by atoms with E-state index in [0.29, 0.717) is 50.9 Å². The molecular weight excluding hydrogens is 454 g/mol. The average Bonchev–Trinajstić information content (AvgIpc) is 3.41. The number of ether oxygens (including phenoxy) is 2. The summed E-state index contributed by atoms with van der Waals surface area (Å²) in [6, 6.07) is 9.00. The second-order valence-electron chi connectivity index (χ2n) is 7.46. The van der Waals surface area contributed by atoms with E-state index in [4.69, 9.17) is 14.5 Å². The molecule has 31 heavy (non-hydrogen) atoms. The number of benzene rings is 1. The third-order valence-electron chi connectivity index (χ3n) is 5.36. The fourth-order valence-electron chi connectivity index (χ4n) is 3.70. The maximum Gasteiger partial charge on any atom is 0.243 e. The summed E-state index contributed by atoms with van der Waals surface area (Å²) < 4.78 is 39.2. The first-order chi connectivity index (χ1) is 15.1. The van der Waals surface area contributed by atoms with Crippen molar-refractivity contribution in [2.24, 2.45) is 0 Å². The van der Waals surface area contributed by atoms with Gasteiger partial charge in [-0.3, -0.25) is 4.90 Å². The summed E-state index contributed by atoms with van der Waals surface area (Å²) in [5, 5.41) is 5.19. The van der Waals surface area contributed by atoms with Crippen molar-refractivity contribution >= 4 is 32.7 Å². The van der Waals surface area contributed by atoms with E-state index in [1.54, 1.807) is 45.2 Å². The number of piperazine rings is 1. The van der Waals surface area contributed by atoms with E-state index < -0.39 is 10.0 Å². The molecule has 0 amide bonds. The first-order valence-corrected chi connectivity index (χ1v) is 13.4. The van der Waals surface area contributed by atoms with E-state index in [9.17, 15) is 8.42 Å². The maximum atomic E-state index is 13.2. The highest BCUT2D eigenvalue weighted by molar-refractivity contribution is 7.89. The molecular formula is C21H23N3O4S3. The Bertz CT molecular complexity index is 1140. The molecule has 2 aliphatic rings. The predicted molar refractivity (Wildman–Crippen MR) is 122 cm³/mol. The van der Waals surface area contributed by atoms with Crippen LogP contribution in [0.25, 0.3) is 9.88 Å². The number of nitrogens with zero attached hydrogens (tertiary/aromatic N) is 3. The number of hydrogen-bond acceptors (Lipinski definition) is 8. The van der Waals surface area contributed by atoms with Crippen LogP contribution in [-0.2, 0) is 16.6 Å². The molecule has 0 unspecified atom stereocenters. The molecule has 0 saturated carbocycles. The zero-order valence-electron chi connectivity index (χ0n) is 16.9. The van der Waals surface area contributed by atoms with E-state index in [1.807, 2.05) is 6.07 Å². The number of sulfonamides is 1. The SMILES string of the molecule is O=S(=O)(c1ccc2c(c1)OCCCO2)N1CCN(Cc2csc(-c3cccs3)n2)CC1. The van der Waals surface area contributed by atoms with Crippen molar-refractivity contribution in [3.8, 4) is 21.4 Å². The number of hydrogen-bond donors (Lipinski definition) is 0. The van der Waals surface area contributed by atoms with Crippen molar-refractivity contribution in [1.29, 1.82) is 0 Å². The van der Waals surface area contributed by atoms with Crippen molar-refractivity contribution in [2.75, 3.05) is 39.4 Å². The average molecular weight is 478 g/mol. The van der Waals surface area contributed by atoms with Crippen molar-refractivity contribution in [3.63, 3.8) is 0 Å². The molecule has 0 aliphatic carbocycles. The van der Waals surface area contributed by atoms with Gasteiger partial charge in [0.2, 0.25) is 10.0 Å². The van der Waals surface area contributed by atoms with Gasteiger partial charge in [-0.1, -0.05) is 6.07 Å². The summed E-state index contributed by atoms with van der Waals surface area (Å²) in [6.07, 6.45) is 0.784. The molecule has 0 bridgehead atoms. The lowest BCUT2D eigenvalue weighted by atomic mass is 10.3. The second-order valence-corrected chi connectivity index (χ2v) is 11.2.